The lowest BCUT2D eigenvalue weighted by molar-refractivity contribution is 0.0926. The van der Waals surface area contributed by atoms with Crippen molar-refractivity contribution in [3.05, 3.63) is 21.4 Å². The minimum Gasteiger partial charge on any atom is -0.394 e. The van der Waals surface area contributed by atoms with Crippen LogP contribution in [0.2, 0.25) is 0 Å². The lowest BCUT2D eigenvalue weighted by Gasteiger charge is -2.08. The molecule has 0 saturated carbocycles. The number of carbonyl (C=O) groups excluding carboxylic acids is 1. The number of thiophene rings is 1. The summed E-state index contributed by atoms with van der Waals surface area (Å²) in [5.74, 6) is -0.0547. The van der Waals surface area contributed by atoms with Crippen LogP contribution in [-0.2, 0) is 12.8 Å². The molecule has 0 bridgehead atoms. The Morgan fingerprint density at radius 1 is 1.56 bits per heavy atom. The molecule has 0 aromatic carbocycles. The first-order chi connectivity index (χ1) is 7.70. The summed E-state index contributed by atoms with van der Waals surface area (Å²) in [7, 11) is 0. The third-order valence-corrected chi connectivity index (χ3v) is 4.11. The molecule has 4 heteroatoms. The number of fused-ring (bicyclic) bond motifs is 1. The number of aryl methyl sites for hydroxylation is 2. The van der Waals surface area contributed by atoms with Crippen molar-refractivity contribution in [1.29, 1.82) is 0 Å². The van der Waals surface area contributed by atoms with Crippen molar-refractivity contribution in [3.8, 4) is 0 Å². The molecule has 2 rings (SSSR count). The van der Waals surface area contributed by atoms with E-state index >= 15 is 0 Å². The number of nitrogens with one attached hydrogen (secondary N) is 1. The van der Waals surface area contributed by atoms with Crippen LogP contribution in [0.15, 0.2) is 6.07 Å². The monoisotopic (exact) mass is 239 g/mol. The van der Waals surface area contributed by atoms with Gasteiger partial charge in [-0.05, 0) is 44.2 Å². The number of carbonyl (C=O) groups is 1. The molecule has 1 aromatic rings. The molecule has 1 atom stereocenters. The second-order valence-corrected chi connectivity index (χ2v) is 5.46. The predicted molar refractivity (Wildman–Crippen MR) is 65.0 cm³/mol. The van der Waals surface area contributed by atoms with Crippen LogP contribution in [0.25, 0.3) is 0 Å². The van der Waals surface area contributed by atoms with Gasteiger partial charge in [-0.3, -0.25) is 4.79 Å². The Morgan fingerprint density at radius 3 is 3.00 bits per heavy atom. The molecule has 2 N–H and O–H groups in total. The fourth-order valence-corrected chi connectivity index (χ4v) is 3.10. The first kappa shape index (κ1) is 11.6. The van der Waals surface area contributed by atoms with E-state index in [2.05, 4.69) is 5.32 Å². The molecular weight excluding hydrogens is 222 g/mol. The van der Waals surface area contributed by atoms with Crippen molar-refractivity contribution in [3.63, 3.8) is 0 Å². The Bertz CT molecular complexity index is 363. The van der Waals surface area contributed by atoms with Crippen LogP contribution >= 0.6 is 11.3 Å². The van der Waals surface area contributed by atoms with Crippen LogP contribution in [0.4, 0.5) is 0 Å². The first-order valence-electron chi connectivity index (χ1n) is 5.74. The number of aliphatic hydroxyl groups is 1. The van der Waals surface area contributed by atoms with Crippen molar-refractivity contribution in [2.45, 2.75) is 38.6 Å². The average molecular weight is 239 g/mol. The van der Waals surface area contributed by atoms with Crippen LogP contribution in [-0.4, -0.2) is 23.7 Å². The molecule has 1 aromatic heterocycles. The van der Waals surface area contributed by atoms with Gasteiger partial charge in [0.05, 0.1) is 11.5 Å². The lowest BCUT2D eigenvalue weighted by atomic mass is 9.99. The summed E-state index contributed by atoms with van der Waals surface area (Å²) in [6.07, 6.45) is 4.69. The van der Waals surface area contributed by atoms with Crippen molar-refractivity contribution >= 4 is 17.2 Å². The summed E-state index contributed by atoms with van der Waals surface area (Å²) in [4.78, 5) is 14.0. The first-order valence-corrected chi connectivity index (χ1v) is 6.55. The van der Waals surface area contributed by atoms with E-state index < -0.39 is 0 Å². The normalized spacial score (nSPS) is 16.6. The maximum absolute atomic E-state index is 11.8. The molecule has 0 radical (unpaired) electrons. The maximum atomic E-state index is 11.8. The third-order valence-electron chi connectivity index (χ3n) is 2.87. The quantitative estimate of drug-likeness (QED) is 0.844. The van der Waals surface area contributed by atoms with Crippen molar-refractivity contribution in [2.24, 2.45) is 0 Å². The highest BCUT2D eigenvalue weighted by Crippen LogP contribution is 2.29. The Morgan fingerprint density at radius 2 is 2.31 bits per heavy atom. The van der Waals surface area contributed by atoms with Crippen LogP contribution in [0.3, 0.4) is 0 Å². The lowest BCUT2D eigenvalue weighted by Crippen LogP contribution is -2.34. The standard InChI is InChI=1S/C12H17NO2S/c1-8(7-14)13-12(15)11-6-9-4-2-3-5-10(9)16-11/h6,8,14H,2-5,7H2,1H3,(H,13,15). The molecular formula is C12H17NO2S. The fraction of sp³-hybridized carbons (Fsp3) is 0.583. The van der Waals surface area contributed by atoms with E-state index in [1.54, 1.807) is 18.3 Å². The minimum atomic E-state index is -0.174. The average Bonchev–Trinajstić information content (AvgIpc) is 2.72. The topological polar surface area (TPSA) is 49.3 Å². The summed E-state index contributed by atoms with van der Waals surface area (Å²) in [5, 5.41) is 11.7. The number of rotatable bonds is 3. The molecule has 0 spiro atoms. The highest BCUT2D eigenvalue weighted by molar-refractivity contribution is 7.14. The zero-order valence-electron chi connectivity index (χ0n) is 9.45. The Labute approximate surface area is 99.5 Å². The molecule has 0 aliphatic heterocycles. The van der Waals surface area contributed by atoms with E-state index in [0.29, 0.717) is 0 Å². The van der Waals surface area contributed by atoms with Gasteiger partial charge in [-0.15, -0.1) is 11.3 Å². The summed E-state index contributed by atoms with van der Waals surface area (Å²) >= 11 is 1.60. The summed E-state index contributed by atoms with van der Waals surface area (Å²) < 4.78 is 0. The zero-order chi connectivity index (χ0) is 11.5. The number of amides is 1. The van der Waals surface area contributed by atoms with Gasteiger partial charge in [0.25, 0.3) is 5.91 Å². The van der Waals surface area contributed by atoms with Gasteiger partial charge in [0, 0.05) is 10.9 Å². The van der Waals surface area contributed by atoms with E-state index in [1.807, 2.05) is 6.07 Å². The van der Waals surface area contributed by atoms with Gasteiger partial charge in [-0.25, -0.2) is 0 Å². The maximum Gasteiger partial charge on any atom is 0.261 e. The summed E-state index contributed by atoms with van der Waals surface area (Å²) in [5.41, 5.74) is 1.35. The van der Waals surface area contributed by atoms with Crippen molar-refractivity contribution in [1.82, 2.24) is 5.32 Å². The van der Waals surface area contributed by atoms with Gasteiger partial charge in [-0.1, -0.05) is 0 Å². The van der Waals surface area contributed by atoms with E-state index in [1.165, 1.54) is 23.3 Å². The molecule has 1 heterocycles. The van der Waals surface area contributed by atoms with E-state index in [9.17, 15) is 4.79 Å². The number of aliphatic hydroxyl groups excluding tert-OH is 1. The van der Waals surface area contributed by atoms with Gasteiger partial charge in [0.15, 0.2) is 0 Å². The molecule has 88 valence electrons. The second kappa shape index (κ2) is 4.97. The summed E-state index contributed by atoms with van der Waals surface area (Å²) in [6.45, 7) is 1.78. The minimum absolute atomic E-state index is 0.0170. The fourth-order valence-electron chi connectivity index (χ4n) is 1.94. The highest BCUT2D eigenvalue weighted by Gasteiger charge is 2.17. The van der Waals surface area contributed by atoms with Crippen LogP contribution in [0.1, 0.15) is 39.9 Å². The Balaban J connectivity index is 2.09. The number of hydrogen-bond donors (Lipinski definition) is 2. The van der Waals surface area contributed by atoms with Crippen LogP contribution < -0.4 is 5.32 Å². The Hall–Kier alpha value is -0.870. The third kappa shape index (κ3) is 2.44. The van der Waals surface area contributed by atoms with E-state index in [4.69, 9.17) is 5.11 Å². The van der Waals surface area contributed by atoms with Crippen LogP contribution in [0, 0.1) is 0 Å². The van der Waals surface area contributed by atoms with E-state index in [0.717, 1.165) is 17.7 Å². The number of hydrogen-bond acceptors (Lipinski definition) is 3. The molecule has 0 saturated heterocycles. The molecule has 0 fully saturated rings. The van der Waals surface area contributed by atoms with Crippen LogP contribution in [0.5, 0.6) is 0 Å². The van der Waals surface area contributed by atoms with Gasteiger partial charge in [-0.2, -0.15) is 0 Å². The predicted octanol–water partition coefficient (Wildman–Crippen LogP) is 1.74. The highest BCUT2D eigenvalue weighted by atomic mass is 32.1. The SMILES string of the molecule is CC(CO)NC(=O)c1cc2c(s1)CCCC2. The van der Waals surface area contributed by atoms with Crippen molar-refractivity contribution < 1.29 is 9.90 Å². The van der Waals surface area contributed by atoms with E-state index in [-0.39, 0.29) is 18.6 Å². The van der Waals surface area contributed by atoms with Gasteiger partial charge >= 0.3 is 0 Å². The molecule has 1 amide bonds. The van der Waals surface area contributed by atoms with Gasteiger partial charge in [0.2, 0.25) is 0 Å². The molecule has 1 aliphatic carbocycles. The Kier molecular flexibility index (Phi) is 3.61. The largest absolute Gasteiger partial charge is 0.394 e. The molecule has 3 nitrogen and oxygen atoms in total. The van der Waals surface area contributed by atoms with Gasteiger partial charge in [0.1, 0.15) is 0 Å². The zero-order valence-corrected chi connectivity index (χ0v) is 10.3. The van der Waals surface area contributed by atoms with Crippen molar-refractivity contribution in [2.75, 3.05) is 6.61 Å². The second-order valence-electron chi connectivity index (χ2n) is 4.32. The smallest absolute Gasteiger partial charge is 0.261 e. The molecule has 1 aliphatic rings. The van der Waals surface area contributed by atoms with Gasteiger partial charge < -0.3 is 10.4 Å². The summed E-state index contributed by atoms with van der Waals surface area (Å²) in [6, 6.07) is 1.84. The molecule has 1 unspecified atom stereocenters. The molecule has 16 heavy (non-hydrogen) atoms.